The number of halogens is 1. The van der Waals surface area contributed by atoms with E-state index in [1.165, 1.54) is 39.0 Å². The van der Waals surface area contributed by atoms with Gasteiger partial charge in [0.15, 0.2) is 0 Å². The molecule has 0 amide bonds. The predicted molar refractivity (Wildman–Crippen MR) is 198 cm³/mol. The van der Waals surface area contributed by atoms with E-state index in [1.807, 2.05) is 0 Å². The van der Waals surface area contributed by atoms with Crippen LogP contribution in [0.5, 0.6) is 0 Å². The maximum absolute atomic E-state index is 3.58. The molecule has 0 radical (unpaired) electrons. The molecule has 1 nitrogen and oxygen atoms in total. The fourth-order valence-corrected chi connectivity index (χ4v) is 13.8. The van der Waals surface area contributed by atoms with Crippen LogP contribution in [-0.2, 0) is 0 Å². The average molecular weight is 659 g/mol. The lowest BCUT2D eigenvalue weighted by atomic mass is 9.91. The number of benzene rings is 4. The Kier molecular flexibility index (Phi) is 8.72. The van der Waals surface area contributed by atoms with Crippen LogP contribution in [0.15, 0.2) is 124 Å². The van der Waals surface area contributed by atoms with E-state index in [2.05, 4.69) is 178 Å². The van der Waals surface area contributed by atoms with E-state index in [-0.39, 0.29) is 0 Å². The maximum Gasteiger partial charge on any atom is 0.0861 e. The summed E-state index contributed by atoms with van der Waals surface area (Å²) in [6, 6.07) is 37.6. The van der Waals surface area contributed by atoms with Gasteiger partial charge in [-0.2, -0.15) is 0 Å². The highest BCUT2D eigenvalue weighted by molar-refractivity contribution is 9.10. The number of nitrogens with one attached hydrogen (secondary N) is 1. The fraction of sp³-hybridized carbons (Fsp3) is 0.268. The number of anilines is 2. The zero-order valence-electron chi connectivity index (χ0n) is 26.9. The number of hydrogen-bond acceptors (Lipinski definition) is 1. The van der Waals surface area contributed by atoms with Gasteiger partial charge in [0.2, 0.25) is 0 Å². The second-order valence-electron chi connectivity index (χ2n) is 13.4. The van der Waals surface area contributed by atoms with Crippen LogP contribution in [0, 0.1) is 0 Å². The minimum Gasteiger partial charge on any atom is -0.356 e. The van der Waals surface area contributed by atoms with Crippen molar-refractivity contribution >= 4 is 52.6 Å². The molecule has 224 valence electrons. The number of allylic oxidation sites excluding steroid dienone is 4. The minimum atomic E-state index is -1.84. The topological polar surface area (TPSA) is 12.0 Å². The summed E-state index contributed by atoms with van der Waals surface area (Å²) in [6.45, 7) is 14.8. The van der Waals surface area contributed by atoms with Gasteiger partial charge >= 0.3 is 0 Å². The third-order valence-corrected chi connectivity index (χ3v) is 17.3. The molecule has 1 unspecified atom stereocenters. The van der Waals surface area contributed by atoms with Crippen molar-refractivity contribution in [1.29, 1.82) is 0 Å². The summed E-state index contributed by atoms with van der Waals surface area (Å²) in [7, 11) is -1.84. The van der Waals surface area contributed by atoms with Crippen molar-refractivity contribution in [2.24, 2.45) is 0 Å². The summed E-state index contributed by atoms with van der Waals surface area (Å²) in [4.78, 5) is 0. The zero-order chi connectivity index (χ0) is 31.0. The first-order valence-corrected chi connectivity index (χ1v) is 19.2. The van der Waals surface area contributed by atoms with E-state index >= 15 is 0 Å². The van der Waals surface area contributed by atoms with Crippen molar-refractivity contribution in [2.45, 2.75) is 70.5 Å². The molecule has 0 aromatic heterocycles. The lowest BCUT2D eigenvalue weighted by molar-refractivity contribution is 0.833. The molecule has 2 aliphatic carbocycles. The van der Waals surface area contributed by atoms with E-state index in [0.29, 0.717) is 22.5 Å². The van der Waals surface area contributed by atoms with Gasteiger partial charge in [0, 0.05) is 21.8 Å². The molecule has 1 saturated carbocycles. The smallest absolute Gasteiger partial charge is 0.0861 e. The second kappa shape index (κ2) is 12.5. The lowest BCUT2D eigenvalue weighted by Crippen LogP contribution is -2.43. The van der Waals surface area contributed by atoms with Gasteiger partial charge in [-0.1, -0.05) is 135 Å². The van der Waals surface area contributed by atoms with Crippen LogP contribution >= 0.6 is 15.9 Å². The van der Waals surface area contributed by atoms with E-state index in [0.717, 1.165) is 22.3 Å². The standard InChI is InChI=1S/C41H44BrNSi/c1-27(2)44(28(3)4,29(5)6)26-40-36-15-11-10-14-32(36)24-38(40)41(39-25-37(39)30-12-8-7-9-13-30)31-16-20-34(21-17-31)43-35-22-18-33(42)19-23-35/h7-24,26-29,37,43H,25H2,1-6H3/b40-26+,41-39+. The first-order chi connectivity index (χ1) is 21.2. The molecule has 1 atom stereocenters. The Morgan fingerprint density at radius 1 is 0.727 bits per heavy atom. The largest absolute Gasteiger partial charge is 0.356 e. The number of rotatable bonds is 9. The Morgan fingerprint density at radius 2 is 1.30 bits per heavy atom. The Hall–Kier alpha value is -3.40. The molecular weight excluding hydrogens is 614 g/mol. The lowest BCUT2D eigenvalue weighted by Gasteiger charge is -2.41. The van der Waals surface area contributed by atoms with Gasteiger partial charge in [0.05, 0.1) is 8.07 Å². The van der Waals surface area contributed by atoms with Crippen molar-refractivity contribution in [1.82, 2.24) is 0 Å². The van der Waals surface area contributed by atoms with Crippen LogP contribution < -0.4 is 5.32 Å². The second-order valence-corrected chi connectivity index (χ2v) is 20.1. The molecule has 3 heteroatoms. The van der Waals surface area contributed by atoms with Crippen LogP contribution in [0.2, 0.25) is 16.6 Å². The van der Waals surface area contributed by atoms with Crippen molar-refractivity contribution in [2.75, 3.05) is 5.32 Å². The van der Waals surface area contributed by atoms with Crippen LogP contribution in [-0.4, -0.2) is 8.07 Å². The van der Waals surface area contributed by atoms with Gasteiger partial charge in [0.1, 0.15) is 0 Å². The third kappa shape index (κ3) is 5.85. The summed E-state index contributed by atoms with van der Waals surface area (Å²) in [6.07, 6.45) is 3.60. The monoisotopic (exact) mass is 657 g/mol. The normalized spacial score (nSPS) is 18.2. The van der Waals surface area contributed by atoms with Gasteiger partial charge in [-0.15, -0.1) is 0 Å². The van der Waals surface area contributed by atoms with Gasteiger partial charge < -0.3 is 5.32 Å². The van der Waals surface area contributed by atoms with E-state index < -0.39 is 8.07 Å². The molecule has 0 spiro atoms. The van der Waals surface area contributed by atoms with Gasteiger partial charge in [0.25, 0.3) is 0 Å². The summed E-state index contributed by atoms with van der Waals surface area (Å²) < 4.78 is 1.08. The molecule has 6 rings (SSSR count). The van der Waals surface area contributed by atoms with Crippen molar-refractivity contribution in [3.05, 3.63) is 147 Å². The highest BCUT2D eigenvalue weighted by atomic mass is 79.9. The molecule has 0 saturated heterocycles. The molecule has 0 aliphatic heterocycles. The zero-order valence-corrected chi connectivity index (χ0v) is 29.5. The number of fused-ring (bicyclic) bond motifs is 1. The van der Waals surface area contributed by atoms with Crippen LogP contribution in [0.4, 0.5) is 11.4 Å². The predicted octanol–water partition coefficient (Wildman–Crippen LogP) is 12.8. The first kappa shape index (κ1) is 30.6. The maximum atomic E-state index is 3.58. The minimum absolute atomic E-state index is 0.472. The molecule has 4 aromatic carbocycles. The SMILES string of the molecule is CC(C)[Si](/C=C1/C(/C(=C2\CC2c2ccccc2)c2ccc(Nc3ccc(Br)cc3)cc2)=Cc2ccccc21)(C(C)C)C(C)C. The summed E-state index contributed by atoms with van der Waals surface area (Å²) in [5.41, 5.74) is 18.3. The van der Waals surface area contributed by atoms with Crippen molar-refractivity contribution in [3.63, 3.8) is 0 Å². The molecule has 0 bridgehead atoms. The highest BCUT2D eigenvalue weighted by Crippen LogP contribution is 2.57. The number of hydrogen-bond donors (Lipinski definition) is 1. The molecule has 4 aromatic rings. The molecule has 44 heavy (non-hydrogen) atoms. The molecule has 2 aliphatic rings. The van der Waals surface area contributed by atoms with Crippen LogP contribution in [0.3, 0.4) is 0 Å². The average Bonchev–Trinajstić information content (AvgIpc) is 3.72. The van der Waals surface area contributed by atoms with E-state index in [4.69, 9.17) is 0 Å². The summed E-state index contributed by atoms with van der Waals surface area (Å²) in [5, 5.41) is 3.58. The van der Waals surface area contributed by atoms with E-state index in [9.17, 15) is 0 Å². The molecule has 1 N–H and O–H groups in total. The Labute approximate surface area is 274 Å². The third-order valence-electron chi connectivity index (χ3n) is 10.0. The Bertz CT molecular complexity index is 1700. The van der Waals surface area contributed by atoms with Gasteiger partial charge in [-0.3, -0.25) is 0 Å². The molecular formula is C41H44BrNSi. The van der Waals surface area contributed by atoms with Crippen LogP contribution in [0.25, 0.3) is 17.2 Å². The quantitative estimate of drug-likeness (QED) is 0.177. The molecule has 0 heterocycles. The van der Waals surface area contributed by atoms with Gasteiger partial charge in [-0.25, -0.2) is 0 Å². The summed E-state index contributed by atoms with van der Waals surface area (Å²) in [5.74, 6) is 0.472. The fourth-order valence-electron chi connectivity index (χ4n) is 7.73. The highest BCUT2D eigenvalue weighted by Gasteiger charge is 2.43. The van der Waals surface area contributed by atoms with Gasteiger partial charge in [-0.05, 0) is 104 Å². The Balaban J connectivity index is 1.49. The first-order valence-electron chi connectivity index (χ1n) is 16.1. The Morgan fingerprint density at radius 3 is 1.91 bits per heavy atom. The van der Waals surface area contributed by atoms with Crippen molar-refractivity contribution < 1.29 is 0 Å². The van der Waals surface area contributed by atoms with Crippen LogP contribution in [0.1, 0.15) is 76.1 Å². The molecule has 1 fully saturated rings. The summed E-state index contributed by atoms with van der Waals surface area (Å²) >= 11 is 3.55. The van der Waals surface area contributed by atoms with E-state index in [1.54, 1.807) is 5.57 Å². The van der Waals surface area contributed by atoms with Crippen molar-refractivity contribution in [3.8, 4) is 0 Å².